The molecule has 26 heavy (non-hydrogen) atoms. The van der Waals surface area contributed by atoms with Gasteiger partial charge in [-0.15, -0.1) is 0 Å². The van der Waals surface area contributed by atoms with Crippen LogP contribution in [-0.4, -0.2) is 84.3 Å². The molecule has 0 radical (unpaired) electrons. The first kappa shape index (κ1) is 18.5. The van der Waals surface area contributed by atoms with Crippen molar-refractivity contribution >= 4 is 11.8 Å². The van der Waals surface area contributed by atoms with Gasteiger partial charge in [-0.1, -0.05) is 6.07 Å². The van der Waals surface area contributed by atoms with Gasteiger partial charge >= 0.3 is 11.8 Å². The van der Waals surface area contributed by atoms with E-state index in [4.69, 9.17) is 14.6 Å². The average molecular weight is 363 g/mol. The van der Waals surface area contributed by atoms with Crippen molar-refractivity contribution in [3.8, 4) is 11.5 Å². The van der Waals surface area contributed by atoms with E-state index in [2.05, 4.69) is 4.90 Å². The van der Waals surface area contributed by atoms with Crippen molar-refractivity contribution in [1.82, 2.24) is 14.7 Å². The Kier molecular flexibility index (Phi) is 5.95. The summed E-state index contributed by atoms with van der Waals surface area (Å²) < 4.78 is 10.7. The molecule has 8 nitrogen and oxygen atoms in total. The Bertz CT molecular complexity index is 658. The van der Waals surface area contributed by atoms with Gasteiger partial charge in [0.2, 0.25) is 6.79 Å². The summed E-state index contributed by atoms with van der Waals surface area (Å²) in [4.78, 5) is 29.8. The number of hydrogen-bond acceptors (Lipinski definition) is 6. The van der Waals surface area contributed by atoms with E-state index in [1.807, 2.05) is 18.2 Å². The largest absolute Gasteiger partial charge is 0.454 e. The van der Waals surface area contributed by atoms with E-state index in [1.165, 1.54) is 4.90 Å². The Labute approximate surface area is 152 Å². The van der Waals surface area contributed by atoms with Gasteiger partial charge in [-0.05, 0) is 24.6 Å². The fourth-order valence-corrected chi connectivity index (χ4v) is 3.20. The number of carbonyl (C=O) groups is 2. The van der Waals surface area contributed by atoms with Gasteiger partial charge in [0.15, 0.2) is 11.5 Å². The molecule has 0 unspecified atom stereocenters. The molecule has 1 fully saturated rings. The number of hydrogen-bond donors (Lipinski definition) is 1. The number of aliphatic hydroxyl groups is 1. The first-order valence-electron chi connectivity index (χ1n) is 8.92. The van der Waals surface area contributed by atoms with Crippen molar-refractivity contribution in [2.75, 3.05) is 52.7 Å². The van der Waals surface area contributed by atoms with Crippen LogP contribution in [0, 0.1) is 0 Å². The summed E-state index contributed by atoms with van der Waals surface area (Å²) >= 11 is 0. The number of fused-ring (bicyclic) bond motifs is 1. The number of likely N-dealkylation sites (N-methyl/N-ethyl adjacent to an activating group) is 1. The molecule has 1 N–H and O–H groups in total. The standard InChI is InChI=1S/C18H25N3O5/c1-2-20(9-10-22)17(23)18(24)21-7-5-19(6-8-21)12-14-3-4-15-16(11-14)26-13-25-15/h3-4,11,22H,2,5-10,12-13H2,1H3. The zero-order chi connectivity index (χ0) is 18.5. The predicted octanol–water partition coefficient (Wildman–Crippen LogP) is -0.0997. The number of amides is 2. The van der Waals surface area contributed by atoms with Gasteiger partial charge in [0.25, 0.3) is 0 Å². The lowest BCUT2D eigenvalue weighted by Crippen LogP contribution is -2.53. The molecule has 142 valence electrons. The molecule has 1 aromatic rings. The highest BCUT2D eigenvalue weighted by atomic mass is 16.7. The quantitative estimate of drug-likeness (QED) is 0.736. The van der Waals surface area contributed by atoms with E-state index in [-0.39, 0.29) is 19.9 Å². The zero-order valence-electron chi connectivity index (χ0n) is 15.0. The third-order valence-electron chi connectivity index (χ3n) is 4.72. The molecular weight excluding hydrogens is 338 g/mol. The van der Waals surface area contributed by atoms with Gasteiger partial charge < -0.3 is 24.4 Å². The summed E-state index contributed by atoms with van der Waals surface area (Å²) in [7, 11) is 0. The minimum atomic E-state index is -0.536. The molecule has 2 amide bonds. The van der Waals surface area contributed by atoms with Crippen molar-refractivity contribution in [3.63, 3.8) is 0 Å². The van der Waals surface area contributed by atoms with Crippen LogP contribution in [0.5, 0.6) is 11.5 Å². The van der Waals surface area contributed by atoms with Crippen LogP contribution in [0.25, 0.3) is 0 Å². The predicted molar refractivity (Wildman–Crippen MR) is 93.8 cm³/mol. The van der Waals surface area contributed by atoms with E-state index in [0.29, 0.717) is 32.7 Å². The molecule has 8 heteroatoms. The lowest BCUT2D eigenvalue weighted by Gasteiger charge is -2.35. The van der Waals surface area contributed by atoms with E-state index in [9.17, 15) is 9.59 Å². The summed E-state index contributed by atoms with van der Waals surface area (Å²) in [6.45, 7) is 5.73. The SMILES string of the molecule is CCN(CCO)C(=O)C(=O)N1CCN(Cc2ccc3c(c2)OCO3)CC1. The minimum absolute atomic E-state index is 0.143. The average Bonchev–Trinajstić information content (AvgIpc) is 3.13. The number of benzene rings is 1. The molecule has 0 bridgehead atoms. The Hall–Kier alpha value is -2.32. The summed E-state index contributed by atoms with van der Waals surface area (Å²) in [6.07, 6.45) is 0. The number of aliphatic hydroxyl groups excluding tert-OH is 1. The molecule has 0 aromatic heterocycles. The maximum atomic E-state index is 12.4. The smallest absolute Gasteiger partial charge is 0.312 e. The Morgan fingerprint density at radius 3 is 2.58 bits per heavy atom. The molecule has 0 atom stereocenters. The fraction of sp³-hybridized carbons (Fsp3) is 0.556. The molecule has 2 aliphatic heterocycles. The van der Waals surface area contributed by atoms with Crippen LogP contribution in [0.1, 0.15) is 12.5 Å². The first-order chi connectivity index (χ1) is 12.6. The Morgan fingerprint density at radius 1 is 1.15 bits per heavy atom. The zero-order valence-corrected chi connectivity index (χ0v) is 15.0. The van der Waals surface area contributed by atoms with Gasteiger partial charge in [0.1, 0.15) is 0 Å². The monoisotopic (exact) mass is 363 g/mol. The summed E-state index contributed by atoms with van der Waals surface area (Å²) in [5.74, 6) is 0.519. The van der Waals surface area contributed by atoms with E-state index < -0.39 is 11.8 Å². The second kappa shape index (κ2) is 8.37. The van der Waals surface area contributed by atoms with Crippen LogP contribution < -0.4 is 9.47 Å². The number of rotatable bonds is 5. The van der Waals surface area contributed by atoms with Crippen LogP contribution >= 0.6 is 0 Å². The highest BCUT2D eigenvalue weighted by Gasteiger charge is 2.29. The molecular formula is C18H25N3O5. The molecule has 1 aromatic carbocycles. The molecule has 1 saturated heterocycles. The molecule has 2 aliphatic rings. The maximum Gasteiger partial charge on any atom is 0.312 e. The van der Waals surface area contributed by atoms with Crippen LogP contribution in [-0.2, 0) is 16.1 Å². The van der Waals surface area contributed by atoms with Crippen molar-refractivity contribution in [3.05, 3.63) is 23.8 Å². The lowest BCUT2D eigenvalue weighted by molar-refractivity contribution is -0.153. The topological polar surface area (TPSA) is 82.6 Å². The van der Waals surface area contributed by atoms with Crippen molar-refractivity contribution in [2.45, 2.75) is 13.5 Å². The maximum absolute atomic E-state index is 12.4. The molecule has 0 aliphatic carbocycles. The van der Waals surface area contributed by atoms with Crippen LogP contribution in [0.4, 0.5) is 0 Å². The third kappa shape index (κ3) is 4.08. The van der Waals surface area contributed by atoms with Gasteiger partial charge in [0, 0.05) is 45.8 Å². The van der Waals surface area contributed by atoms with Crippen LogP contribution in [0.15, 0.2) is 18.2 Å². The van der Waals surface area contributed by atoms with Crippen molar-refractivity contribution in [2.24, 2.45) is 0 Å². The van der Waals surface area contributed by atoms with E-state index in [0.717, 1.165) is 23.6 Å². The molecule has 0 saturated carbocycles. The highest BCUT2D eigenvalue weighted by Crippen LogP contribution is 2.32. The Balaban J connectivity index is 1.51. The molecule has 3 rings (SSSR count). The molecule has 2 heterocycles. The van der Waals surface area contributed by atoms with Crippen LogP contribution in [0.2, 0.25) is 0 Å². The number of carbonyl (C=O) groups excluding carboxylic acids is 2. The second-order valence-electron chi connectivity index (χ2n) is 6.36. The van der Waals surface area contributed by atoms with Gasteiger partial charge in [-0.2, -0.15) is 0 Å². The van der Waals surface area contributed by atoms with Gasteiger partial charge in [0.05, 0.1) is 6.61 Å². The van der Waals surface area contributed by atoms with E-state index >= 15 is 0 Å². The minimum Gasteiger partial charge on any atom is -0.454 e. The van der Waals surface area contributed by atoms with Crippen LogP contribution in [0.3, 0.4) is 0 Å². The normalized spacial score (nSPS) is 16.6. The highest BCUT2D eigenvalue weighted by molar-refractivity contribution is 6.34. The lowest BCUT2D eigenvalue weighted by atomic mass is 10.1. The summed E-state index contributed by atoms with van der Waals surface area (Å²) in [6, 6.07) is 5.91. The third-order valence-corrected chi connectivity index (χ3v) is 4.72. The summed E-state index contributed by atoms with van der Waals surface area (Å²) in [5.41, 5.74) is 1.13. The summed E-state index contributed by atoms with van der Waals surface area (Å²) in [5, 5.41) is 9.00. The first-order valence-corrected chi connectivity index (χ1v) is 8.92. The van der Waals surface area contributed by atoms with Gasteiger partial charge in [-0.25, -0.2) is 0 Å². The number of nitrogens with zero attached hydrogens (tertiary/aromatic N) is 3. The van der Waals surface area contributed by atoms with Gasteiger partial charge in [-0.3, -0.25) is 14.5 Å². The second-order valence-corrected chi connectivity index (χ2v) is 6.36. The fourth-order valence-electron chi connectivity index (χ4n) is 3.20. The van der Waals surface area contributed by atoms with E-state index in [1.54, 1.807) is 11.8 Å². The van der Waals surface area contributed by atoms with Crippen molar-refractivity contribution in [1.29, 1.82) is 0 Å². The number of piperazine rings is 1. The molecule has 0 spiro atoms. The number of ether oxygens (including phenoxy) is 2. The Morgan fingerprint density at radius 2 is 1.88 bits per heavy atom. The van der Waals surface area contributed by atoms with Crippen molar-refractivity contribution < 1.29 is 24.2 Å².